The number of methoxy groups -OCH3 is 2. The minimum Gasteiger partial charge on any atom is -0.496 e. The van der Waals surface area contributed by atoms with Crippen molar-refractivity contribution in [1.82, 2.24) is 0 Å². The Kier molecular flexibility index (Phi) is 3.39. The van der Waals surface area contributed by atoms with E-state index >= 15 is 0 Å². The van der Waals surface area contributed by atoms with Crippen molar-refractivity contribution in [1.29, 1.82) is 0 Å². The van der Waals surface area contributed by atoms with Crippen LogP contribution in [0.25, 0.3) is 0 Å². The summed E-state index contributed by atoms with van der Waals surface area (Å²) in [6.07, 6.45) is 2.13. The van der Waals surface area contributed by atoms with Crippen LogP contribution in [0.1, 0.15) is 24.8 Å². The van der Waals surface area contributed by atoms with Gasteiger partial charge in [-0.3, -0.25) is 4.79 Å². The molecular formula is C13H15ClO4. The molecule has 0 unspecified atom stereocenters. The van der Waals surface area contributed by atoms with Gasteiger partial charge in [0.05, 0.1) is 24.7 Å². The Balaban J connectivity index is 2.58. The Morgan fingerprint density at radius 3 is 2.28 bits per heavy atom. The van der Waals surface area contributed by atoms with Gasteiger partial charge in [-0.15, -0.1) is 0 Å². The van der Waals surface area contributed by atoms with E-state index in [4.69, 9.17) is 21.1 Å². The van der Waals surface area contributed by atoms with E-state index in [9.17, 15) is 9.90 Å². The summed E-state index contributed by atoms with van der Waals surface area (Å²) >= 11 is 6.02. The largest absolute Gasteiger partial charge is 0.496 e. The van der Waals surface area contributed by atoms with Crippen LogP contribution in [0.15, 0.2) is 12.1 Å². The molecule has 0 heterocycles. The zero-order chi connectivity index (χ0) is 13.3. The molecule has 0 amide bonds. The third kappa shape index (κ3) is 1.81. The van der Waals surface area contributed by atoms with Crippen LogP contribution in [0.2, 0.25) is 5.02 Å². The van der Waals surface area contributed by atoms with E-state index in [1.165, 1.54) is 14.2 Å². The van der Waals surface area contributed by atoms with Gasteiger partial charge >= 0.3 is 5.97 Å². The second kappa shape index (κ2) is 4.69. The molecule has 1 aromatic rings. The molecule has 0 aliphatic heterocycles. The molecule has 2 rings (SSSR count). The van der Waals surface area contributed by atoms with Crippen LogP contribution in [0.4, 0.5) is 0 Å². The number of rotatable bonds is 4. The van der Waals surface area contributed by atoms with Crippen molar-refractivity contribution < 1.29 is 19.4 Å². The number of benzene rings is 1. The predicted octanol–water partition coefficient (Wildman–Crippen LogP) is 2.86. The van der Waals surface area contributed by atoms with Gasteiger partial charge < -0.3 is 14.6 Å². The third-order valence-corrected chi connectivity index (χ3v) is 3.90. The van der Waals surface area contributed by atoms with Crippen LogP contribution >= 0.6 is 11.6 Å². The highest BCUT2D eigenvalue weighted by atomic mass is 35.5. The molecule has 1 aliphatic carbocycles. The maximum atomic E-state index is 11.5. The van der Waals surface area contributed by atoms with Crippen molar-refractivity contribution >= 4 is 17.6 Å². The molecule has 1 saturated carbocycles. The summed E-state index contributed by atoms with van der Waals surface area (Å²) in [5.41, 5.74) is -0.214. The molecule has 18 heavy (non-hydrogen) atoms. The monoisotopic (exact) mass is 270 g/mol. The number of carbonyl (C=O) groups is 1. The molecule has 1 aliphatic rings. The van der Waals surface area contributed by atoms with Crippen molar-refractivity contribution in [2.45, 2.75) is 24.7 Å². The first-order chi connectivity index (χ1) is 8.55. The maximum Gasteiger partial charge on any atom is 0.314 e. The molecule has 0 bridgehead atoms. The lowest BCUT2D eigenvalue weighted by atomic mass is 9.64. The van der Waals surface area contributed by atoms with Gasteiger partial charge in [-0.2, -0.15) is 0 Å². The SMILES string of the molecule is COc1cc(C2(C(=O)O)CCC2)c(OC)cc1Cl. The van der Waals surface area contributed by atoms with Crippen LogP contribution in [-0.2, 0) is 10.2 Å². The van der Waals surface area contributed by atoms with Crippen molar-refractivity contribution in [3.05, 3.63) is 22.7 Å². The van der Waals surface area contributed by atoms with Gasteiger partial charge in [0.2, 0.25) is 0 Å². The molecule has 0 radical (unpaired) electrons. The fourth-order valence-corrected chi connectivity index (χ4v) is 2.59. The Labute approximate surface area is 110 Å². The second-order valence-electron chi connectivity index (χ2n) is 4.43. The number of halogens is 1. The summed E-state index contributed by atoms with van der Waals surface area (Å²) in [7, 11) is 3.02. The fraction of sp³-hybridized carbons (Fsp3) is 0.462. The molecule has 0 atom stereocenters. The molecule has 0 aromatic heterocycles. The predicted molar refractivity (Wildman–Crippen MR) is 67.7 cm³/mol. The van der Waals surface area contributed by atoms with E-state index < -0.39 is 11.4 Å². The van der Waals surface area contributed by atoms with Crippen LogP contribution in [-0.4, -0.2) is 25.3 Å². The normalized spacial score (nSPS) is 16.8. The first kappa shape index (κ1) is 13.0. The first-order valence-corrected chi connectivity index (χ1v) is 6.08. The average molecular weight is 271 g/mol. The summed E-state index contributed by atoms with van der Waals surface area (Å²) in [6, 6.07) is 3.28. The van der Waals surface area contributed by atoms with Crippen molar-refractivity contribution in [2.24, 2.45) is 0 Å². The number of carboxylic acid groups (broad SMARTS) is 1. The lowest BCUT2D eigenvalue weighted by molar-refractivity contribution is -0.147. The minimum absolute atomic E-state index is 0.415. The van der Waals surface area contributed by atoms with Gasteiger partial charge in [0.25, 0.3) is 0 Å². The van der Waals surface area contributed by atoms with Crippen LogP contribution < -0.4 is 9.47 Å². The summed E-state index contributed by atoms with van der Waals surface area (Å²) in [5, 5.41) is 9.88. The highest BCUT2D eigenvalue weighted by Crippen LogP contribution is 2.49. The van der Waals surface area contributed by atoms with E-state index in [1.54, 1.807) is 12.1 Å². The number of ether oxygens (including phenoxy) is 2. The molecule has 1 fully saturated rings. The number of carboxylic acids is 1. The Bertz CT molecular complexity index is 480. The standard InChI is InChI=1S/C13H15ClO4/c1-17-10-7-9(14)11(18-2)6-8(10)13(12(15)16)4-3-5-13/h6-7H,3-5H2,1-2H3,(H,15,16). The molecule has 0 saturated heterocycles. The topological polar surface area (TPSA) is 55.8 Å². The van der Waals surface area contributed by atoms with Crippen molar-refractivity contribution in [3.63, 3.8) is 0 Å². The minimum atomic E-state index is -0.858. The highest BCUT2D eigenvalue weighted by molar-refractivity contribution is 6.32. The molecule has 0 spiro atoms. The van der Waals surface area contributed by atoms with Crippen LogP contribution in [0.5, 0.6) is 11.5 Å². The maximum absolute atomic E-state index is 11.5. The summed E-state index contributed by atoms with van der Waals surface area (Å²) < 4.78 is 10.4. The molecule has 5 heteroatoms. The second-order valence-corrected chi connectivity index (χ2v) is 4.84. The fourth-order valence-electron chi connectivity index (χ4n) is 2.36. The molecule has 1 N–H and O–H groups in total. The zero-order valence-electron chi connectivity index (χ0n) is 10.3. The molecule has 1 aromatic carbocycles. The molecule has 98 valence electrons. The summed E-state index contributed by atoms with van der Waals surface area (Å²) in [5.74, 6) is 0.152. The Morgan fingerprint density at radius 2 is 1.89 bits per heavy atom. The van der Waals surface area contributed by atoms with Crippen LogP contribution in [0.3, 0.4) is 0 Å². The number of hydrogen-bond donors (Lipinski definition) is 1. The third-order valence-electron chi connectivity index (χ3n) is 3.61. The van der Waals surface area contributed by atoms with E-state index in [0.717, 1.165) is 6.42 Å². The van der Waals surface area contributed by atoms with Gasteiger partial charge in [-0.05, 0) is 18.9 Å². The Morgan fingerprint density at radius 1 is 1.28 bits per heavy atom. The Hall–Kier alpha value is -1.42. The van der Waals surface area contributed by atoms with Gasteiger partial charge in [0, 0.05) is 11.6 Å². The smallest absolute Gasteiger partial charge is 0.314 e. The van der Waals surface area contributed by atoms with Gasteiger partial charge in [-0.1, -0.05) is 18.0 Å². The van der Waals surface area contributed by atoms with Gasteiger partial charge in [-0.25, -0.2) is 0 Å². The van der Waals surface area contributed by atoms with Crippen molar-refractivity contribution in [2.75, 3.05) is 14.2 Å². The van der Waals surface area contributed by atoms with E-state index in [-0.39, 0.29) is 0 Å². The number of aliphatic carboxylic acids is 1. The van der Waals surface area contributed by atoms with E-state index in [1.807, 2.05) is 0 Å². The highest BCUT2D eigenvalue weighted by Gasteiger charge is 2.48. The van der Waals surface area contributed by atoms with Gasteiger partial charge in [0.15, 0.2) is 0 Å². The summed E-state index contributed by atoms with van der Waals surface area (Å²) in [6.45, 7) is 0. The molecular weight excluding hydrogens is 256 g/mol. The van der Waals surface area contributed by atoms with Crippen molar-refractivity contribution in [3.8, 4) is 11.5 Å². The first-order valence-electron chi connectivity index (χ1n) is 5.70. The average Bonchev–Trinajstić information content (AvgIpc) is 2.28. The zero-order valence-corrected chi connectivity index (χ0v) is 11.1. The van der Waals surface area contributed by atoms with Crippen LogP contribution in [0, 0.1) is 0 Å². The summed E-state index contributed by atoms with van der Waals surface area (Å²) in [4.78, 5) is 11.5. The van der Waals surface area contributed by atoms with E-state index in [0.29, 0.717) is 34.9 Å². The lowest BCUT2D eigenvalue weighted by Crippen LogP contribution is -2.42. The lowest BCUT2D eigenvalue weighted by Gasteiger charge is -2.39. The molecule has 4 nitrogen and oxygen atoms in total. The van der Waals surface area contributed by atoms with E-state index in [2.05, 4.69) is 0 Å². The quantitative estimate of drug-likeness (QED) is 0.914. The van der Waals surface area contributed by atoms with Gasteiger partial charge in [0.1, 0.15) is 11.5 Å². The number of hydrogen-bond acceptors (Lipinski definition) is 3.